The first-order valence-corrected chi connectivity index (χ1v) is 6.70. The van der Waals surface area contributed by atoms with Crippen LogP contribution in [0.4, 0.5) is 5.82 Å². The third kappa shape index (κ3) is 3.02. The third-order valence-corrected chi connectivity index (χ3v) is 3.83. The van der Waals surface area contributed by atoms with Gasteiger partial charge in [0.25, 0.3) is 5.91 Å². The van der Waals surface area contributed by atoms with Gasteiger partial charge < -0.3 is 5.32 Å². The van der Waals surface area contributed by atoms with Crippen LogP contribution in [0.25, 0.3) is 0 Å². The molecule has 102 valence electrons. The Morgan fingerprint density at radius 3 is 2.84 bits per heavy atom. The molecule has 0 unspecified atom stereocenters. The minimum atomic E-state index is -0.0152. The molecule has 0 bridgehead atoms. The van der Waals surface area contributed by atoms with Crippen molar-refractivity contribution in [3.63, 3.8) is 0 Å². The van der Waals surface area contributed by atoms with Gasteiger partial charge in [-0.15, -0.1) is 0 Å². The number of aromatic nitrogens is 1. The third-order valence-electron chi connectivity index (χ3n) is 3.83. The minimum absolute atomic E-state index is 0.0152. The smallest absolute Gasteiger partial charge is 0.252 e. The van der Waals surface area contributed by atoms with Gasteiger partial charge in [0.15, 0.2) is 0 Å². The summed E-state index contributed by atoms with van der Waals surface area (Å²) in [4.78, 5) is 18.1. The van der Waals surface area contributed by atoms with Gasteiger partial charge in [-0.05, 0) is 37.1 Å². The zero-order valence-corrected chi connectivity index (χ0v) is 10.8. The Morgan fingerprint density at radius 2 is 2.16 bits per heavy atom. The normalized spacial score (nSPS) is 26.1. The van der Waals surface area contributed by atoms with E-state index in [1.807, 2.05) is 18.2 Å². The summed E-state index contributed by atoms with van der Waals surface area (Å²) in [6, 6.07) is 5.52. The van der Waals surface area contributed by atoms with Crippen molar-refractivity contribution in [2.75, 3.05) is 38.1 Å². The molecule has 3 heterocycles. The predicted octanol–water partition coefficient (Wildman–Crippen LogP) is -0.324. The van der Waals surface area contributed by atoms with Crippen molar-refractivity contribution in [2.24, 2.45) is 11.8 Å². The second kappa shape index (κ2) is 5.54. The lowest BCUT2D eigenvalue weighted by atomic mass is 10.0. The zero-order chi connectivity index (χ0) is 13.1. The van der Waals surface area contributed by atoms with Crippen LogP contribution in [0.2, 0.25) is 0 Å². The number of anilines is 1. The number of nitrogens with zero attached hydrogens (tertiary/aromatic N) is 2. The van der Waals surface area contributed by atoms with E-state index in [4.69, 9.17) is 0 Å². The fourth-order valence-electron chi connectivity index (χ4n) is 2.89. The lowest BCUT2D eigenvalue weighted by molar-refractivity contribution is -0.121. The average molecular weight is 261 g/mol. The topological polar surface area (TPSA) is 69.3 Å². The monoisotopic (exact) mass is 261 g/mol. The first-order valence-electron chi connectivity index (χ1n) is 6.70. The molecule has 2 aliphatic rings. The summed E-state index contributed by atoms with van der Waals surface area (Å²) in [6.45, 7) is 4.68. The molecule has 0 radical (unpaired) electrons. The highest BCUT2D eigenvalue weighted by molar-refractivity contribution is 5.79. The van der Waals surface area contributed by atoms with E-state index in [-0.39, 0.29) is 5.91 Å². The Morgan fingerprint density at radius 1 is 1.37 bits per heavy atom. The number of amides is 1. The number of carbonyl (C=O) groups is 1. The van der Waals surface area contributed by atoms with E-state index in [9.17, 15) is 4.79 Å². The van der Waals surface area contributed by atoms with Crippen LogP contribution in [0.1, 0.15) is 0 Å². The maximum atomic E-state index is 11.8. The summed E-state index contributed by atoms with van der Waals surface area (Å²) in [5.74, 6) is 2.07. The van der Waals surface area contributed by atoms with E-state index < -0.39 is 0 Å². The highest BCUT2D eigenvalue weighted by Crippen LogP contribution is 2.25. The maximum absolute atomic E-state index is 11.8. The number of nitrogens with one attached hydrogen (secondary N) is 3. The molecule has 2 fully saturated rings. The molecule has 6 heteroatoms. The lowest BCUT2D eigenvalue weighted by Crippen LogP contribution is -2.39. The molecule has 1 amide bonds. The first kappa shape index (κ1) is 12.4. The quantitative estimate of drug-likeness (QED) is 0.648. The Hall–Kier alpha value is -1.66. The van der Waals surface area contributed by atoms with Crippen LogP contribution in [0.15, 0.2) is 24.4 Å². The second-order valence-corrected chi connectivity index (χ2v) is 5.26. The predicted molar refractivity (Wildman–Crippen MR) is 72.3 cm³/mol. The van der Waals surface area contributed by atoms with Gasteiger partial charge in [-0.3, -0.25) is 20.5 Å². The van der Waals surface area contributed by atoms with Crippen LogP contribution in [-0.4, -0.2) is 48.5 Å². The molecule has 2 saturated heterocycles. The van der Waals surface area contributed by atoms with Crippen molar-refractivity contribution in [3.05, 3.63) is 24.4 Å². The number of carbonyl (C=O) groups excluding carboxylic acids is 1. The van der Waals surface area contributed by atoms with Gasteiger partial charge in [0.05, 0.1) is 6.54 Å². The Bertz CT molecular complexity index is 426. The summed E-state index contributed by atoms with van der Waals surface area (Å²) in [5, 5.41) is 3.40. The summed E-state index contributed by atoms with van der Waals surface area (Å²) >= 11 is 0. The minimum Gasteiger partial charge on any atom is -0.316 e. The second-order valence-electron chi connectivity index (χ2n) is 5.26. The van der Waals surface area contributed by atoms with Crippen LogP contribution >= 0.6 is 0 Å². The Balaban J connectivity index is 1.42. The molecule has 19 heavy (non-hydrogen) atoms. The molecule has 0 aliphatic carbocycles. The van der Waals surface area contributed by atoms with E-state index >= 15 is 0 Å². The van der Waals surface area contributed by atoms with Gasteiger partial charge in [0, 0.05) is 19.3 Å². The lowest BCUT2D eigenvalue weighted by Gasteiger charge is -2.16. The highest BCUT2D eigenvalue weighted by atomic mass is 16.2. The van der Waals surface area contributed by atoms with Crippen molar-refractivity contribution < 1.29 is 4.79 Å². The van der Waals surface area contributed by atoms with Crippen molar-refractivity contribution in [1.82, 2.24) is 20.6 Å². The molecule has 0 spiro atoms. The summed E-state index contributed by atoms with van der Waals surface area (Å²) < 4.78 is 0. The SMILES string of the molecule is O=C(CN1C[C@H]2CNC[C@H]2C1)NNc1ccccn1. The van der Waals surface area contributed by atoms with Crippen LogP contribution in [0.3, 0.4) is 0 Å². The number of hydrogen-bond acceptors (Lipinski definition) is 5. The van der Waals surface area contributed by atoms with Gasteiger partial charge >= 0.3 is 0 Å². The molecule has 1 aromatic rings. The van der Waals surface area contributed by atoms with Gasteiger partial charge in [0.1, 0.15) is 5.82 Å². The number of fused-ring (bicyclic) bond motifs is 1. The van der Waals surface area contributed by atoms with Crippen molar-refractivity contribution in [1.29, 1.82) is 0 Å². The molecular formula is C13H19N5O. The van der Waals surface area contributed by atoms with E-state index in [2.05, 4.69) is 26.1 Å². The fourth-order valence-corrected chi connectivity index (χ4v) is 2.89. The van der Waals surface area contributed by atoms with Crippen LogP contribution in [0, 0.1) is 11.8 Å². The van der Waals surface area contributed by atoms with E-state index in [1.165, 1.54) is 0 Å². The van der Waals surface area contributed by atoms with Crippen LogP contribution < -0.4 is 16.2 Å². The summed E-state index contributed by atoms with van der Waals surface area (Å²) in [6.07, 6.45) is 1.68. The number of rotatable bonds is 4. The molecule has 1 aromatic heterocycles. The largest absolute Gasteiger partial charge is 0.316 e. The van der Waals surface area contributed by atoms with E-state index in [0.29, 0.717) is 12.4 Å². The van der Waals surface area contributed by atoms with Crippen molar-refractivity contribution in [3.8, 4) is 0 Å². The molecule has 6 nitrogen and oxygen atoms in total. The fraction of sp³-hybridized carbons (Fsp3) is 0.538. The Labute approximate surface area is 112 Å². The van der Waals surface area contributed by atoms with Crippen molar-refractivity contribution >= 4 is 11.7 Å². The summed E-state index contributed by atoms with van der Waals surface area (Å²) in [5.41, 5.74) is 5.50. The number of hydrazine groups is 1. The summed E-state index contributed by atoms with van der Waals surface area (Å²) in [7, 11) is 0. The molecule has 3 rings (SSSR count). The van der Waals surface area contributed by atoms with Crippen LogP contribution in [-0.2, 0) is 4.79 Å². The molecule has 2 aliphatic heterocycles. The maximum Gasteiger partial charge on any atom is 0.252 e. The van der Waals surface area contributed by atoms with Gasteiger partial charge in [-0.1, -0.05) is 6.07 Å². The van der Waals surface area contributed by atoms with Gasteiger partial charge in [-0.2, -0.15) is 0 Å². The zero-order valence-electron chi connectivity index (χ0n) is 10.8. The van der Waals surface area contributed by atoms with Crippen LogP contribution in [0.5, 0.6) is 0 Å². The first-order chi connectivity index (χ1) is 9.31. The molecule has 3 N–H and O–H groups in total. The van der Waals surface area contributed by atoms with E-state index in [0.717, 1.165) is 38.0 Å². The van der Waals surface area contributed by atoms with Crippen molar-refractivity contribution in [2.45, 2.75) is 0 Å². The van der Waals surface area contributed by atoms with Gasteiger partial charge in [-0.25, -0.2) is 4.98 Å². The molecule has 2 atom stereocenters. The number of likely N-dealkylation sites (tertiary alicyclic amines) is 1. The molecule has 0 aromatic carbocycles. The number of pyridine rings is 1. The Kier molecular flexibility index (Phi) is 3.61. The average Bonchev–Trinajstić information content (AvgIpc) is 2.98. The van der Waals surface area contributed by atoms with E-state index in [1.54, 1.807) is 6.20 Å². The molecule has 0 saturated carbocycles. The number of hydrogen-bond donors (Lipinski definition) is 3. The van der Waals surface area contributed by atoms with Gasteiger partial charge in [0.2, 0.25) is 0 Å². The molecular weight excluding hydrogens is 242 g/mol. The standard InChI is InChI=1S/C13H19N5O/c19-13(17-16-12-3-1-2-4-15-12)9-18-7-10-5-14-6-11(10)8-18/h1-4,10-11,14H,5-9H2,(H,15,16)(H,17,19)/t10-,11+. The highest BCUT2D eigenvalue weighted by Gasteiger charge is 2.36.